The van der Waals surface area contributed by atoms with Crippen LogP contribution in [-0.4, -0.2) is 27.5 Å². The van der Waals surface area contributed by atoms with Gasteiger partial charge < -0.3 is 5.32 Å². The van der Waals surface area contributed by atoms with Gasteiger partial charge in [0.25, 0.3) is 0 Å². The zero-order valence-electron chi connectivity index (χ0n) is 13.0. The molecular weight excluding hydrogens is 291 g/mol. The molecule has 1 atom stereocenters. The largest absolute Gasteiger partial charge is 0.316 e. The van der Waals surface area contributed by atoms with Crippen molar-refractivity contribution in [1.82, 2.24) is 10.0 Å². The second-order valence-electron chi connectivity index (χ2n) is 6.50. The third-order valence-electron chi connectivity index (χ3n) is 4.12. The van der Waals surface area contributed by atoms with E-state index in [1.165, 1.54) is 12.1 Å². The molecule has 0 spiro atoms. The molecule has 2 N–H and O–H groups in total. The van der Waals surface area contributed by atoms with Gasteiger partial charge in [0, 0.05) is 12.6 Å². The summed E-state index contributed by atoms with van der Waals surface area (Å²) in [5.74, 6) is -0.411. The van der Waals surface area contributed by atoms with Crippen molar-refractivity contribution in [2.24, 2.45) is 5.41 Å². The van der Waals surface area contributed by atoms with Gasteiger partial charge in [0.2, 0.25) is 10.0 Å². The molecule has 1 aliphatic heterocycles. The minimum absolute atomic E-state index is 0.132. The van der Waals surface area contributed by atoms with Crippen molar-refractivity contribution in [3.05, 3.63) is 29.1 Å². The SMILES string of the molecule is Cc1cc(F)cc(C)c1S(=O)(=O)NC1CCNCC1(C)C. The quantitative estimate of drug-likeness (QED) is 0.898. The molecule has 0 bridgehead atoms. The van der Waals surface area contributed by atoms with Crippen LogP contribution in [-0.2, 0) is 10.0 Å². The lowest BCUT2D eigenvalue weighted by atomic mass is 9.81. The number of rotatable bonds is 3. The number of piperidine rings is 1. The highest BCUT2D eigenvalue weighted by Gasteiger charge is 2.36. The maximum atomic E-state index is 13.4. The van der Waals surface area contributed by atoms with Crippen LogP contribution in [0.4, 0.5) is 4.39 Å². The smallest absolute Gasteiger partial charge is 0.241 e. The molecule has 1 aromatic carbocycles. The molecule has 0 aromatic heterocycles. The highest BCUT2D eigenvalue weighted by atomic mass is 32.2. The van der Waals surface area contributed by atoms with Gasteiger partial charge in [0.05, 0.1) is 4.90 Å². The number of halogens is 1. The van der Waals surface area contributed by atoms with Crippen LogP contribution in [0.2, 0.25) is 0 Å². The van der Waals surface area contributed by atoms with Crippen LogP contribution in [0.3, 0.4) is 0 Å². The molecule has 4 nitrogen and oxygen atoms in total. The third kappa shape index (κ3) is 3.44. The second kappa shape index (κ2) is 5.66. The summed E-state index contributed by atoms with van der Waals surface area (Å²) in [6.07, 6.45) is 0.742. The molecule has 1 aliphatic rings. The lowest BCUT2D eigenvalue weighted by Gasteiger charge is -2.39. The molecule has 0 radical (unpaired) electrons. The van der Waals surface area contributed by atoms with Crippen LogP contribution in [0.15, 0.2) is 17.0 Å². The van der Waals surface area contributed by atoms with Crippen LogP contribution < -0.4 is 10.0 Å². The fourth-order valence-corrected chi connectivity index (χ4v) is 4.85. The van der Waals surface area contributed by atoms with Crippen molar-refractivity contribution in [1.29, 1.82) is 0 Å². The van der Waals surface area contributed by atoms with Crippen LogP contribution in [0.25, 0.3) is 0 Å². The van der Waals surface area contributed by atoms with Crippen LogP contribution in [0, 0.1) is 25.1 Å². The monoisotopic (exact) mass is 314 g/mol. The molecule has 1 fully saturated rings. The standard InChI is InChI=1S/C15H23FN2O2S/c1-10-7-12(16)8-11(2)14(10)21(19,20)18-13-5-6-17-9-15(13,3)4/h7-8,13,17-18H,5-6,9H2,1-4H3. The van der Waals surface area contributed by atoms with Gasteiger partial charge in [-0.25, -0.2) is 17.5 Å². The Morgan fingerprint density at radius 1 is 1.29 bits per heavy atom. The van der Waals surface area contributed by atoms with Gasteiger partial charge in [0.15, 0.2) is 0 Å². The van der Waals surface area contributed by atoms with Crippen molar-refractivity contribution in [3.8, 4) is 0 Å². The molecule has 2 rings (SSSR count). The number of hydrogen-bond donors (Lipinski definition) is 2. The minimum atomic E-state index is -3.65. The lowest BCUT2D eigenvalue weighted by molar-refractivity contribution is 0.206. The first-order chi connectivity index (χ1) is 9.63. The van der Waals surface area contributed by atoms with E-state index >= 15 is 0 Å². The highest BCUT2D eigenvalue weighted by molar-refractivity contribution is 7.89. The predicted octanol–water partition coefficient (Wildman–Crippen LogP) is 2.11. The van der Waals surface area contributed by atoms with Gasteiger partial charge in [-0.05, 0) is 55.5 Å². The summed E-state index contributed by atoms with van der Waals surface area (Å²) < 4.78 is 41.5. The average Bonchev–Trinajstić information content (AvgIpc) is 2.29. The van der Waals surface area contributed by atoms with E-state index in [4.69, 9.17) is 0 Å². The zero-order valence-corrected chi connectivity index (χ0v) is 13.8. The van der Waals surface area contributed by atoms with Crippen LogP contribution in [0.5, 0.6) is 0 Å². The summed E-state index contributed by atoms with van der Waals surface area (Å²) in [5, 5.41) is 3.28. The summed E-state index contributed by atoms with van der Waals surface area (Å²) in [5.41, 5.74) is 0.714. The fourth-order valence-electron chi connectivity index (χ4n) is 2.96. The summed E-state index contributed by atoms with van der Waals surface area (Å²) in [7, 11) is -3.65. The minimum Gasteiger partial charge on any atom is -0.316 e. The Bertz CT molecular complexity index is 618. The molecule has 1 unspecified atom stereocenters. The molecule has 1 heterocycles. The van der Waals surface area contributed by atoms with Crippen LogP contribution in [0.1, 0.15) is 31.4 Å². The van der Waals surface area contributed by atoms with E-state index in [-0.39, 0.29) is 16.4 Å². The summed E-state index contributed by atoms with van der Waals surface area (Å²) >= 11 is 0. The van der Waals surface area contributed by atoms with Gasteiger partial charge in [-0.3, -0.25) is 0 Å². The lowest BCUT2D eigenvalue weighted by Crippen LogP contribution is -2.54. The van der Waals surface area contributed by atoms with Crippen molar-refractivity contribution >= 4 is 10.0 Å². The van der Waals surface area contributed by atoms with Crippen molar-refractivity contribution in [2.45, 2.75) is 45.1 Å². The van der Waals surface area contributed by atoms with E-state index in [9.17, 15) is 12.8 Å². The fraction of sp³-hybridized carbons (Fsp3) is 0.600. The number of benzene rings is 1. The number of nitrogens with one attached hydrogen (secondary N) is 2. The van der Waals surface area contributed by atoms with Crippen molar-refractivity contribution < 1.29 is 12.8 Å². The zero-order chi connectivity index (χ0) is 15.8. The number of aryl methyl sites for hydroxylation is 2. The number of sulfonamides is 1. The molecule has 1 saturated heterocycles. The third-order valence-corrected chi connectivity index (χ3v) is 5.90. The first-order valence-electron chi connectivity index (χ1n) is 7.13. The van der Waals surface area contributed by atoms with E-state index < -0.39 is 15.8 Å². The van der Waals surface area contributed by atoms with Gasteiger partial charge in [-0.15, -0.1) is 0 Å². The molecule has 0 amide bonds. The molecule has 0 saturated carbocycles. The Morgan fingerprint density at radius 2 is 1.86 bits per heavy atom. The topological polar surface area (TPSA) is 58.2 Å². The predicted molar refractivity (Wildman–Crippen MR) is 81.3 cm³/mol. The van der Waals surface area contributed by atoms with Gasteiger partial charge in [-0.2, -0.15) is 0 Å². The van der Waals surface area contributed by atoms with E-state index in [2.05, 4.69) is 10.0 Å². The molecule has 0 aliphatic carbocycles. The van der Waals surface area contributed by atoms with E-state index in [1.54, 1.807) is 13.8 Å². The Hall–Kier alpha value is -0.980. The highest BCUT2D eigenvalue weighted by Crippen LogP contribution is 2.28. The molecule has 21 heavy (non-hydrogen) atoms. The first kappa shape index (κ1) is 16.4. The Morgan fingerprint density at radius 3 is 2.38 bits per heavy atom. The summed E-state index contributed by atoms with van der Waals surface area (Å²) in [6.45, 7) is 8.88. The molecule has 6 heteroatoms. The molecule has 118 valence electrons. The summed E-state index contributed by atoms with van der Waals surface area (Å²) in [6, 6.07) is 2.39. The maximum absolute atomic E-state index is 13.4. The first-order valence-corrected chi connectivity index (χ1v) is 8.61. The van der Waals surface area contributed by atoms with Gasteiger partial charge >= 0.3 is 0 Å². The molecule has 1 aromatic rings. The second-order valence-corrected chi connectivity index (χ2v) is 8.15. The van der Waals surface area contributed by atoms with Gasteiger partial charge in [-0.1, -0.05) is 13.8 Å². The van der Waals surface area contributed by atoms with Crippen molar-refractivity contribution in [3.63, 3.8) is 0 Å². The Balaban J connectivity index is 2.35. The molecular formula is C15H23FN2O2S. The Kier molecular flexibility index (Phi) is 4.42. The van der Waals surface area contributed by atoms with E-state index in [1.807, 2.05) is 13.8 Å². The average molecular weight is 314 g/mol. The van der Waals surface area contributed by atoms with E-state index in [0.717, 1.165) is 19.5 Å². The van der Waals surface area contributed by atoms with Crippen LogP contribution >= 0.6 is 0 Å². The van der Waals surface area contributed by atoms with Crippen molar-refractivity contribution in [2.75, 3.05) is 13.1 Å². The van der Waals surface area contributed by atoms with Gasteiger partial charge in [0.1, 0.15) is 5.82 Å². The number of hydrogen-bond acceptors (Lipinski definition) is 3. The van der Waals surface area contributed by atoms with E-state index in [0.29, 0.717) is 11.1 Å². The maximum Gasteiger partial charge on any atom is 0.241 e. The summed E-state index contributed by atoms with van der Waals surface area (Å²) in [4.78, 5) is 0.193. The normalized spacial score (nSPS) is 22.2. The Labute approximate surface area is 126 Å².